The number of benzene rings is 1. The minimum atomic E-state index is 0.549. The fourth-order valence-corrected chi connectivity index (χ4v) is 2.12. The summed E-state index contributed by atoms with van der Waals surface area (Å²) >= 11 is 6.30. The summed E-state index contributed by atoms with van der Waals surface area (Å²) in [5, 5.41) is 11.6. The van der Waals surface area contributed by atoms with E-state index in [4.69, 9.17) is 21.1 Å². The van der Waals surface area contributed by atoms with Crippen LogP contribution in [0.15, 0.2) is 30.5 Å². The van der Waals surface area contributed by atoms with Crippen molar-refractivity contribution in [2.24, 2.45) is 0 Å². The van der Waals surface area contributed by atoms with Crippen LogP contribution in [0.2, 0.25) is 5.02 Å². The first kappa shape index (κ1) is 14.6. The molecule has 0 saturated heterocycles. The third-order valence-electron chi connectivity index (χ3n) is 2.81. The number of hydrogen-bond acceptors (Lipinski definition) is 5. The first-order valence-electron chi connectivity index (χ1n) is 6.13. The van der Waals surface area contributed by atoms with Gasteiger partial charge in [-0.1, -0.05) is 17.7 Å². The van der Waals surface area contributed by atoms with Crippen LogP contribution in [0, 0.1) is 0 Å². The summed E-state index contributed by atoms with van der Waals surface area (Å²) in [4.78, 5) is 0. The summed E-state index contributed by atoms with van der Waals surface area (Å²) in [5.41, 5.74) is 1.82. The second kappa shape index (κ2) is 7.07. The lowest BCUT2D eigenvalue weighted by Gasteiger charge is -2.13. The van der Waals surface area contributed by atoms with Gasteiger partial charge in [0, 0.05) is 19.3 Å². The van der Waals surface area contributed by atoms with E-state index in [0.717, 1.165) is 11.3 Å². The van der Waals surface area contributed by atoms with E-state index >= 15 is 0 Å². The molecule has 0 bridgehead atoms. The molecule has 0 aliphatic heterocycles. The average molecular weight is 294 g/mol. The number of halogens is 1. The fraction of sp³-hybridized carbons (Fsp3) is 0.286. The van der Waals surface area contributed by atoms with Gasteiger partial charge in [-0.05, 0) is 23.8 Å². The van der Waals surface area contributed by atoms with E-state index in [2.05, 4.69) is 15.5 Å². The number of nitrogens with zero attached hydrogens (tertiary/aromatic N) is 2. The maximum atomic E-state index is 6.30. The van der Waals surface area contributed by atoms with Gasteiger partial charge in [0.05, 0.1) is 24.9 Å². The zero-order valence-electron chi connectivity index (χ0n) is 11.4. The molecule has 1 aromatic heterocycles. The van der Waals surface area contributed by atoms with Crippen LogP contribution in [0.25, 0.3) is 0 Å². The largest absolute Gasteiger partial charge is 0.493 e. The highest BCUT2D eigenvalue weighted by Crippen LogP contribution is 2.37. The Kier molecular flexibility index (Phi) is 5.15. The predicted octanol–water partition coefficient (Wildman–Crippen LogP) is 2.44. The van der Waals surface area contributed by atoms with Crippen LogP contribution in [0.1, 0.15) is 11.3 Å². The summed E-state index contributed by atoms with van der Waals surface area (Å²) in [6.45, 7) is 1.23. The Hall–Kier alpha value is -1.85. The molecule has 0 unspecified atom stereocenters. The summed E-state index contributed by atoms with van der Waals surface area (Å²) < 4.78 is 10.5. The molecular weight excluding hydrogens is 278 g/mol. The Morgan fingerprint density at radius 3 is 2.65 bits per heavy atom. The van der Waals surface area contributed by atoms with Gasteiger partial charge in [0.1, 0.15) is 0 Å². The molecule has 0 fully saturated rings. The van der Waals surface area contributed by atoms with Gasteiger partial charge in [-0.25, -0.2) is 0 Å². The lowest BCUT2D eigenvalue weighted by Crippen LogP contribution is -2.14. The summed E-state index contributed by atoms with van der Waals surface area (Å²) in [7, 11) is 3.15. The maximum Gasteiger partial charge on any atom is 0.179 e. The van der Waals surface area contributed by atoms with E-state index in [0.29, 0.717) is 29.6 Å². The maximum absolute atomic E-state index is 6.30. The van der Waals surface area contributed by atoms with Crippen molar-refractivity contribution in [1.82, 2.24) is 15.5 Å². The minimum absolute atomic E-state index is 0.549. The fourth-order valence-electron chi connectivity index (χ4n) is 1.82. The number of methoxy groups -OCH3 is 2. The first-order chi connectivity index (χ1) is 9.76. The lowest BCUT2D eigenvalue weighted by molar-refractivity contribution is 0.354. The van der Waals surface area contributed by atoms with Crippen LogP contribution in [-0.2, 0) is 13.1 Å². The summed E-state index contributed by atoms with van der Waals surface area (Å²) in [5.74, 6) is 1.17. The van der Waals surface area contributed by atoms with Gasteiger partial charge in [-0.3, -0.25) is 0 Å². The molecular formula is C14H16ClN3O2. The van der Waals surface area contributed by atoms with Crippen LogP contribution in [0.5, 0.6) is 11.5 Å². The Bertz CT molecular complexity index is 564. The van der Waals surface area contributed by atoms with Crippen molar-refractivity contribution < 1.29 is 9.47 Å². The molecule has 1 heterocycles. The SMILES string of the molecule is COc1ccc(CNCc2cccnn2)c(Cl)c1OC. The third-order valence-corrected chi connectivity index (χ3v) is 3.23. The molecule has 5 nitrogen and oxygen atoms in total. The second-order valence-electron chi connectivity index (χ2n) is 4.09. The van der Waals surface area contributed by atoms with Gasteiger partial charge in [0.2, 0.25) is 0 Å². The standard InChI is InChI=1S/C14H16ClN3O2/c1-19-12-6-5-10(13(15)14(12)20-2)8-16-9-11-4-3-7-17-18-11/h3-7,16H,8-9H2,1-2H3. The average Bonchev–Trinajstić information content (AvgIpc) is 2.49. The van der Waals surface area contributed by atoms with Gasteiger partial charge in [-0.2, -0.15) is 10.2 Å². The Balaban J connectivity index is 2.03. The normalized spacial score (nSPS) is 10.3. The second-order valence-corrected chi connectivity index (χ2v) is 4.47. The third kappa shape index (κ3) is 3.37. The number of ether oxygens (including phenoxy) is 2. The highest BCUT2D eigenvalue weighted by Gasteiger charge is 2.12. The molecule has 2 rings (SSSR count). The molecule has 0 spiro atoms. The van der Waals surface area contributed by atoms with E-state index in [1.165, 1.54) is 0 Å². The molecule has 0 aliphatic rings. The quantitative estimate of drug-likeness (QED) is 0.886. The van der Waals surface area contributed by atoms with Crippen molar-refractivity contribution in [2.45, 2.75) is 13.1 Å². The summed E-state index contributed by atoms with van der Waals surface area (Å²) in [6.07, 6.45) is 1.65. The molecule has 1 N–H and O–H groups in total. The summed E-state index contributed by atoms with van der Waals surface area (Å²) in [6, 6.07) is 7.51. The van der Waals surface area contributed by atoms with Crippen molar-refractivity contribution in [3.63, 3.8) is 0 Å². The van der Waals surface area contributed by atoms with E-state index in [1.54, 1.807) is 20.4 Å². The minimum Gasteiger partial charge on any atom is -0.493 e. The van der Waals surface area contributed by atoms with E-state index in [9.17, 15) is 0 Å². The Labute approximate surface area is 122 Å². The number of hydrogen-bond donors (Lipinski definition) is 1. The molecule has 0 radical (unpaired) electrons. The van der Waals surface area contributed by atoms with Crippen molar-refractivity contribution in [3.8, 4) is 11.5 Å². The molecule has 1 aromatic carbocycles. The van der Waals surface area contributed by atoms with Gasteiger partial charge in [0.15, 0.2) is 11.5 Å². The Morgan fingerprint density at radius 2 is 2.00 bits per heavy atom. The van der Waals surface area contributed by atoms with Gasteiger partial charge < -0.3 is 14.8 Å². The highest BCUT2D eigenvalue weighted by molar-refractivity contribution is 6.33. The van der Waals surface area contributed by atoms with Crippen LogP contribution in [0.3, 0.4) is 0 Å². The zero-order valence-corrected chi connectivity index (χ0v) is 12.1. The van der Waals surface area contributed by atoms with E-state index in [-0.39, 0.29) is 0 Å². The molecule has 20 heavy (non-hydrogen) atoms. The number of nitrogens with one attached hydrogen (secondary N) is 1. The van der Waals surface area contributed by atoms with Crippen LogP contribution in [0.4, 0.5) is 0 Å². The smallest absolute Gasteiger partial charge is 0.179 e. The number of aromatic nitrogens is 2. The van der Waals surface area contributed by atoms with Crippen molar-refractivity contribution in [1.29, 1.82) is 0 Å². The van der Waals surface area contributed by atoms with Crippen LogP contribution >= 0.6 is 11.6 Å². The number of rotatable bonds is 6. The molecule has 2 aromatic rings. The topological polar surface area (TPSA) is 56.3 Å². The molecule has 0 amide bonds. The van der Waals surface area contributed by atoms with Gasteiger partial charge in [-0.15, -0.1) is 0 Å². The molecule has 106 valence electrons. The lowest BCUT2D eigenvalue weighted by atomic mass is 10.2. The van der Waals surface area contributed by atoms with Crippen molar-refractivity contribution >= 4 is 11.6 Å². The van der Waals surface area contributed by atoms with E-state index < -0.39 is 0 Å². The van der Waals surface area contributed by atoms with Gasteiger partial charge >= 0.3 is 0 Å². The van der Waals surface area contributed by atoms with Crippen LogP contribution in [-0.4, -0.2) is 24.4 Å². The van der Waals surface area contributed by atoms with Crippen molar-refractivity contribution in [2.75, 3.05) is 14.2 Å². The monoisotopic (exact) mass is 293 g/mol. The first-order valence-corrected chi connectivity index (χ1v) is 6.50. The zero-order chi connectivity index (χ0) is 14.4. The molecule has 0 saturated carbocycles. The van der Waals surface area contributed by atoms with E-state index in [1.807, 2.05) is 24.3 Å². The predicted molar refractivity (Wildman–Crippen MR) is 77.1 cm³/mol. The molecule has 6 heteroatoms. The Morgan fingerprint density at radius 1 is 1.15 bits per heavy atom. The van der Waals surface area contributed by atoms with Crippen molar-refractivity contribution in [3.05, 3.63) is 46.7 Å². The molecule has 0 atom stereocenters. The highest BCUT2D eigenvalue weighted by atomic mass is 35.5. The molecule has 0 aliphatic carbocycles. The van der Waals surface area contributed by atoms with Gasteiger partial charge in [0.25, 0.3) is 0 Å². The van der Waals surface area contributed by atoms with Crippen LogP contribution < -0.4 is 14.8 Å².